The molecule has 0 aliphatic rings. The molecule has 1 N–H and O–H groups in total. The molecule has 0 aliphatic heterocycles. The van der Waals surface area contributed by atoms with Crippen molar-refractivity contribution in [1.82, 2.24) is 0 Å². The van der Waals surface area contributed by atoms with Gasteiger partial charge in [0.15, 0.2) is 5.78 Å². The van der Waals surface area contributed by atoms with Gasteiger partial charge in [0, 0.05) is 35.5 Å². The molecule has 8 heteroatoms. The second-order valence-electron chi connectivity index (χ2n) is 4.39. The molecular weight excluding hydrogens is 290 g/mol. The summed E-state index contributed by atoms with van der Waals surface area (Å²) in [7, 11) is 0. The zero-order chi connectivity index (χ0) is 16.1. The molecule has 2 aromatic rings. The van der Waals surface area contributed by atoms with Crippen LogP contribution < -0.4 is 5.32 Å². The first-order valence-electron chi connectivity index (χ1n) is 6.23. The molecule has 8 nitrogen and oxygen atoms in total. The van der Waals surface area contributed by atoms with Crippen LogP contribution in [-0.4, -0.2) is 22.2 Å². The van der Waals surface area contributed by atoms with Crippen LogP contribution in [-0.2, 0) is 0 Å². The van der Waals surface area contributed by atoms with Crippen LogP contribution in [0, 0.1) is 20.2 Å². The second-order valence-corrected chi connectivity index (χ2v) is 4.39. The summed E-state index contributed by atoms with van der Waals surface area (Å²) >= 11 is 0. The number of hydrogen-bond acceptors (Lipinski definition) is 6. The van der Waals surface area contributed by atoms with Crippen LogP contribution in [0.25, 0.3) is 0 Å². The monoisotopic (exact) mass is 301 g/mol. The number of nitro groups is 2. The molecule has 0 unspecified atom stereocenters. The standard InChI is InChI=1S/C14H11N3O5/c18-14(10-4-6-12(7-5-10)16(19)20)9-15-11-2-1-3-13(8-11)17(21)22/h1-8,15H,9H2. The molecule has 0 fully saturated rings. The Labute approximate surface area is 124 Å². The number of Topliss-reactive ketones (excluding diaryl/α,β-unsaturated/α-hetero) is 1. The summed E-state index contributed by atoms with van der Waals surface area (Å²) < 4.78 is 0. The molecule has 112 valence electrons. The highest BCUT2D eigenvalue weighted by atomic mass is 16.6. The highest BCUT2D eigenvalue weighted by Gasteiger charge is 2.10. The number of ketones is 1. The van der Waals surface area contributed by atoms with Gasteiger partial charge < -0.3 is 5.32 Å². The van der Waals surface area contributed by atoms with Gasteiger partial charge in [-0.1, -0.05) is 6.07 Å². The predicted octanol–water partition coefficient (Wildman–Crippen LogP) is 2.80. The molecule has 0 spiro atoms. The van der Waals surface area contributed by atoms with Crippen molar-refractivity contribution in [2.45, 2.75) is 0 Å². The number of nitrogens with one attached hydrogen (secondary N) is 1. The average Bonchev–Trinajstić information content (AvgIpc) is 2.53. The Hall–Kier alpha value is -3.29. The Morgan fingerprint density at radius 1 is 0.955 bits per heavy atom. The van der Waals surface area contributed by atoms with Crippen molar-refractivity contribution in [2.75, 3.05) is 11.9 Å². The van der Waals surface area contributed by atoms with Gasteiger partial charge in [-0.15, -0.1) is 0 Å². The van der Waals surface area contributed by atoms with Crippen molar-refractivity contribution in [3.8, 4) is 0 Å². The Kier molecular flexibility index (Phi) is 4.42. The van der Waals surface area contributed by atoms with E-state index >= 15 is 0 Å². The maximum Gasteiger partial charge on any atom is 0.271 e. The van der Waals surface area contributed by atoms with Gasteiger partial charge in [0.2, 0.25) is 0 Å². The first kappa shape index (κ1) is 15.1. The second kappa shape index (κ2) is 6.44. The predicted molar refractivity (Wildman–Crippen MR) is 79.0 cm³/mol. The minimum absolute atomic E-state index is 0.0705. The normalized spacial score (nSPS) is 10.0. The van der Waals surface area contributed by atoms with Crippen molar-refractivity contribution in [3.05, 3.63) is 74.3 Å². The third kappa shape index (κ3) is 3.63. The number of hydrogen-bond donors (Lipinski definition) is 1. The van der Waals surface area contributed by atoms with Gasteiger partial charge in [0.1, 0.15) is 0 Å². The fourth-order valence-electron chi connectivity index (χ4n) is 1.78. The van der Waals surface area contributed by atoms with Gasteiger partial charge in [-0.3, -0.25) is 25.0 Å². The lowest BCUT2D eigenvalue weighted by molar-refractivity contribution is -0.385. The minimum Gasteiger partial charge on any atom is -0.377 e. The third-order valence-corrected chi connectivity index (χ3v) is 2.91. The number of carbonyl (C=O) groups is 1. The first-order chi connectivity index (χ1) is 10.5. The summed E-state index contributed by atoms with van der Waals surface area (Å²) in [4.78, 5) is 32.1. The lowest BCUT2D eigenvalue weighted by Crippen LogP contribution is -2.14. The third-order valence-electron chi connectivity index (χ3n) is 2.91. The number of benzene rings is 2. The number of anilines is 1. The van der Waals surface area contributed by atoms with E-state index in [1.807, 2.05) is 0 Å². The van der Waals surface area contributed by atoms with Crippen LogP contribution in [0.5, 0.6) is 0 Å². The summed E-state index contributed by atoms with van der Waals surface area (Å²) in [5, 5.41) is 24.0. The first-order valence-corrected chi connectivity index (χ1v) is 6.23. The summed E-state index contributed by atoms with van der Waals surface area (Å²) in [6.45, 7) is -0.0705. The van der Waals surface area contributed by atoms with E-state index in [0.717, 1.165) is 0 Å². The molecule has 0 saturated heterocycles. The summed E-state index contributed by atoms with van der Waals surface area (Å²) in [5.74, 6) is -0.276. The van der Waals surface area contributed by atoms with E-state index in [1.54, 1.807) is 6.07 Å². The number of non-ortho nitro benzene ring substituents is 2. The summed E-state index contributed by atoms with van der Waals surface area (Å²) in [6, 6.07) is 11.0. The molecule has 2 aromatic carbocycles. The molecule has 0 heterocycles. The van der Waals surface area contributed by atoms with Crippen molar-refractivity contribution < 1.29 is 14.6 Å². The van der Waals surface area contributed by atoms with Gasteiger partial charge in [0.25, 0.3) is 11.4 Å². The fraction of sp³-hybridized carbons (Fsp3) is 0.0714. The SMILES string of the molecule is O=C(CNc1cccc([N+](=O)[O-])c1)c1ccc([N+](=O)[O-])cc1. The van der Waals surface area contributed by atoms with Gasteiger partial charge in [0.05, 0.1) is 16.4 Å². The smallest absolute Gasteiger partial charge is 0.271 e. The number of nitro benzene ring substituents is 2. The average molecular weight is 301 g/mol. The van der Waals surface area contributed by atoms with Crippen LogP contribution in [0.1, 0.15) is 10.4 Å². The fourth-order valence-corrected chi connectivity index (χ4v) is 1.78. The maximum atomic E-state index is 12.0. The maximum absolute atomic E-state index is 12.0. The molecule has 2 rings (SSSR count). The van der Waals surface area contributed by atoms with Crippen molar-refractivity contribution >= 4 is 22.8 Å². The summed E-state index contributed by atoms with van der Waals surface area (Å²) in [5.41, 5.74) is 0.601. The highest BCUT2D eigenvalue weighted by molar-refractivity contribution is 5.99. The Morgan fingerprint density at radius 3 is 2.18 bits per heavy atom. The van der Waals surface area contributed by atoms with Gasteiger partial charge in [-0.2, -0.15) is 0 Å². The van der Waals surface area contributed by atoms with Crippen molar-refractivity contribution in [2.24, 2.45) is 0 Å². The lowest BCUT2D eigenvalue weighted by Gasteiger charge is -2.05. The van der Waals surface area contributed by atoms with E-state index < -0.39 is 9.85 Å². The molecular formula is C14H11N3O5. The highest BCUT2D eigenvalue weighted by Crippen LogP contribution is 2.17. The Balaban J connectivity index is 2.02. The van der Waals surface area contributed by atoms with Crippen molar-refractivity contribution in [1.29, 1.82) is 0 Å². The van der Waals surface area contributed by atoms with Crippen LogP contribution >= 0.6 is 0 Å². The Morgan fingerprint density at radius 2 is 1.59 bits per heavy atom. The number of rotatable bonds is 6. The zero-order valence-corrected chi connectivity index (χ0v) is 11.3. The topological polar surface area (TPSA) is 115 Å². The van der Waals surface area contributed by atoms with Gasteiger partial charge in [-0.05, 0) is 18.2 Å². The van der Waals surface area contributed by atoms with E-state index in [2.05, 4.69) is 5.32 Å². The molecule has 22 heavy (non-hydrogen) atoms. The lowest BCUT2D eigenvalue weighted by atomic mass is 10.1. The van der Waals surface area contributed by atoms with E-state index in [9.17, 15) is 25.0 Å². The van der Waals surface area contributed by atoms with E-state index in [1.165, 1.54) is 42.5 Å². The molecule has 0 atom stereocenters. The van der Waals surface area contributed by atoms with E-state index in [-0.39, 0.29) is 23.7 Å². The molecule has 0 bridgehead atoms. The van der Waals surface area contributed by atoms with Crippen molar-refractivity contribution in [3.63, 3.8) is 0 Å². The molecule has 0 amide bonds. The molecule has 0 aromatic heterocycles. The van der Waals surface area contributed by atoms with E-state index in [0.29, 0.717) is 11.3 Å². The number of nitrogens with zero attached hydrogens (tertiary/aromatic N) is 2. The Bertz CT molecular complexity index is 728. The molecule has 0 aliphatic carbocycles. The molecule has 0 saturated carbocycles. The van der Waals surface area contributed by atoms with Gasteiger partial charge in [-0.25, -0.2) is 0 Å². The van der Waals surface area contributed by atoms with Crippen LogP contribution in [0.4, 0.5) is 17.1 Å². The van der Waals surface area contributed by atoms with Crippen LogP contribution in [0.3, 0.4) is 0 Å². The van der Waals surface area contributed by atoms with E-state index in [4.69, 9.17) is 0 Å². The number of carbonyl (C=O) groups excluding carboxylic acids is 1. The zero-order valence-electron chi connectivity index (χ0n) is 11.3. The molecule has 0 radical (unpaired) electrons. The summed E-state index contributed by atoms with van der Waals surface area (Å²) in [6.07, 6.45) is 0. The van der Waals surface area contributed by atoms with Crippen LogP contribution in [0.2, 0.25) is 0 Å². The quantitative estimate of drug-likeness (QED) is 0.498. The minimum atomic E-state index is -0.546. The largest absolute Gasteiger partial charge is 0.377 e. The van der Waals surface area contributed by atoms with Gasteiger partial charge >= 0.3 is 0 Å². The van der Waals surface area contributed by atoms with Crippen LogP contribution in [0.15, 0.2) is 48.5 Å².